The van der Waals surface area contributed by atoms with Gasteiger partial charge in [0.2, 0.25) is 0 Å². The van der Waals surface area contributed by atoms with Crippen LogP contribution in [0.5, 0.6) is 0 Å². The molecule has 2 aliphatic heterocycles. The van der Waals surface area contributed by atoms with E-state index in [9.17, 15) is 4.39 Å². The Morgan fingerprint density at radius 1 is 1.00 bits per heavy atom. The molecular formula is C22H29FN4O. The standard InChI is InChI=1S/C22H29FN4O/c1-17-3-2-10-27(14-17)22-13-21(24-16-25-22)26-11-8-20(9-12-26)28-15-18-4-6-19(23)7-5-18/h4-7,13,16-17,20H,2-3,8-12,14-15H2,1H3. The second-order valence-electron chi connectivity index (χ2n) is 8.05. The van der Waals surface area contributed by atoms with Crippen LogP contribution in [-0.4, -0.2) is 42.3 Å². The van der Waals surface area contributed by atoms with E-state index in [1.165, 1.54) is 25.0 Å². The van der Waals surface area contributed by atoms with Crippen LogP contribution in [0.2, 0.25) is 0 Å². The molecule has 0 radical (unpaired) electrons. The van der Waals surface area contributed by atoms with Crippen LogP contribution in [0, 0.1) is 11.7 Å². The Morgan fingerprint density at radius 3 is 2.43 bits per heavy atom. The summed E-state index contributed by atoms with van der Waals surface area (Å²) in [5.74, 6) is 2.58. The van der Waals surface area contributed by atoms with Gasteiger partial charge in [-0.3, -0.25) is 0 Å². The fourth-order valence-electron chi connectivity index (χ4n) is 4.13. The zero-order chi connectivity index (χ0) is 19.3. The van der Waals surface area contributed by atoms with Crippen LogP contribution < -0.4 is 9.80 Å². The van der Waals surface area contributed by atoms with Gasteiger partial charge in [-0.2, -0.15) is 0 Å². The van der Waals surface area contributed by atoms with Crippen LogP contribution >= 0.6 is 0 Å². The van der Waals surface area contributed by atoms with E-state index >= 15 is 0 Å². The Labute approximate surface area is 166 Å². The smallest absolute Gasteiger partial charge is 0.134 e. The van der Waals surface area contributed by atoms with E-state index in [0.29, 0.717) is 6.61 Å². The van der Waals surface area contributed by atoms with Gasteiger partial charge < -0.3 is 14.5 Å². The largest absolute Gasteiger partial charge is 0.373 e. The highest BCUT2D eigenvalue weighted by Gasteiger charge is 2.23. The van der Waals surface area contributed by atoms with Gasteiger partial charge in [0.25, 0.3) is 0 Å². The van der Waals surface area contributed by atoms with Crippen molar-refractivity contribution < 1.29 is 9.13 Å². The molecule has 2 aromatic rings. The normalized spacial score (nSPS) is 21.1. The predicted molar refractivity (Wildman–Crippen MR) is 109 cm³/mol. The Bertz CT molecular complexity index is 761. The summed E-state index contributed by atoms with van der Waals surface area (Å²) >= 11 is 0. The summed E-state index contributed by atoms with van der Waals surface area (Å²) in [6.45, 7) is 6.87. The first-order chi connectivity index (χ1) is 13.7. The minimum atomic E-state index is -0.208. The Morgan fingerprint density at radius 2 is 1.71 bits per heavy atom. The van der Waals surface area contributed by atoms with Gasteiger partial charge in [-0.1, -0.05) is 19.1 Å². The zero-order valence-corrected chi connectivity index (χ0v) is 16.6. The van der Waals surface area contributed by atoms with Gasteiger partial charge >= 0.3 is 0 Å². The maximum absolute atomic E-state index is 13.0. The molecule has 150 valence electrons. The SMILES string of the molecule is CC1CCCN(c2cc(N3CCC(OCc4ccc(F)cc4)CC3)ncn2)C1. The number of halogens is 1. The average Bonchev–Trinajstić information content (AvgIpc) is 2.74. The number of hydrogen-bond donors (Lipinski definition) is 0. The van der Waals surface area contributed by atoms with E-state index in [1.54, 1.807) is 18.5 Å². The molecule has 1 atom stereocenters. The van der Waals surface area contributed by atoms with Gasteiger partial charge in [0.15, 0.2) is 0 Å². The van der Waals surface area contributed by atoms with Crippen molar-refractivity contribution in [3.63, 3.8) is 0 Å². The van der Waals surface area contributed by atoms with E-state index < -0.39 is 0 Å². The summed E-state index contributed by atoms with van der Waals surface area (Å²) in [5.41, 5.74) is 1.01. The molecular weight excluding hydrogens is 355 g/mol. The molecule has 0 aliphatic carbocycles. The first kappa shape index (κ1) is 19.1. The van der Waals surface area contributed by atoms with Gasteiger partial charge in [-0.15, -0.1) is 0 Å². The van der Waals surface area contributed by atoms with Crippen molar-refractivity contribution in [2.75, 3.05) is 36.0 Å². The number of rotatable bonds is 5. The monoisotopic (exact) mass is 384 g/mol. The molecule has 1 aromatic heterocycles. The lowest BCUT2D eigenvalue weighted by atomic mass is 10.0. The van der Waals surface area contributed by atoms with E-state index in [0.717, 1.165) is 62.1 Å². The van der Waals surface area contributed by atoms with Crippen molar-refractivity contribution in [3.05, 3.63) is 48.0 Å². The molecule has 0 bridgehead atoms. The van der Waals surface area contributed by atoms with E-state index in [-0.39, 0.29) is 11.9 Å². The summed E-state index contributed by atoms with van der Waals surface area (Å²) in [6, 6.07) is 8.68. The summed E-state index contributed by atoms with van der Waals surface area (Å²) in [5, 5.41) is 0. The number of aromatic nitrogens is 2. The van der Waals surface area contributed by atoms with Crippen molar-refractivity contribution in [1.82, 2.24) is 9.97 Å². The Hall–Kier alpha value is -2.21. The summed E-state index contributed by atoms with van der Waals surface area (Å²) < 4.78 is 19.0. The van der Waals surface area contributed by atoms with E-state index in [2.05, 4.69) is 32.8 Å². The molecule has 5 nitrogen and oxygen atoms in total. The van der Waals surface area contributed by atoms with E-state index in [1.807, 2.05) is 0 Å². The Balaban J connectivity index is 1.30. The third-order valence-corrected chi connectivity index (χ3v) is 5.78. The van der Waals surface area contributed by atoms with Gasteiger partial charge in [0, 0.05) is 32.2 Å². The number of ether oxygens (including phenoxy) is 1. The van der Waals surface area contributed by atoms with E-state index in [4.69, 9.17) is 4.74 Å². The summed E-state index contributed by atoms with van der Waals surface area (Å²) in [7, 11) is 0. The highest BCUT2D eigenvalue weighted by molar-refractivity contribution is 5.50. The van der Waals surface area contributed by atoms with Crippen LogP contribution in [0.15, 0.2) is 36.7 Å². The molecule has 1 unspecified atom stereocenters. The van der Waals surface area contributed by atoms with Gasteiger partial charge in [0.05, 0.1) is 12.7 Å². The molecule has 2 aliphatic rings. The lowest BCUT2D eigenvalue weighted by molar-refractivity contribution is 0.0250. The fourth-order valence-corrected chi connectivity index (χ4v) is 4.13. The molecule has 3 heterocycles. The molecule has 0 spiro atoms. The van der Waals surface area contributed by atoms with Crippen LogP contribution in [0.3, 0.4) is 0 Å². The van der Waals surface area contributed by atoms with Crippen LogP contribution in [0.25, 0.3) is 0 Å². The maximum atomic E-state index is 13.0. The maximum Gasteiger partial charge on any atom is 0.134 e. The quantitative estimate of drug-likeness (QED) is 0.778. The molecule has 2 saturated heterocycles. The van der Waals surface area contributed by atoms with Crippen LogP contribution in [0.1, 0.15) is 38.2 Å². The van der Waals surface area contributed by atoms with Crippen molar-refractivity contribution in [1.29, 1.82) is 0 Å². The highest BCUT2D eigenvalue weighted by atomic mass is 19.1. The molecule has 0 amide bonds. The third kappa shape index (κ3) is 4.79. The van der Waals surface area contributed by atoms with Gasteiger partial charge in [-0.25, -0.2) is 14.4 Å². The number of anilines is 2. The topological polar surface area (TPSA) is 41.5 Å². The summed E-state index contributed by atoms with van der Waals surface area (Å²) in [4.78, 5) is 13.7. The second-order valence-corrected chi connectivity index (χ2v) is 8.05. The average molecular weight is 384 g/mol. The second kappa shape index (κ2) is 8.86. The number of benzene rings is 1. The molecule has 6 heteroatoms. The lowest BCUT2D eigenvalue weighted by Crippen LogP contribution is -2.38. The minimum absolute atomic E-state index is 0.208. The van der Waals surface area contributed by atoms with Crippen LogP contribution in [-0.2, 0) is 11.3 Å². The van der Waals surface area contributed by atoms with Crippen molar-refractivity contribution in [2.24, 2.45) is 5.92 Å². The first-order valence-corrected chi connectivity index (χ1v) is 10.4. The predicted octanol–water partition coefficient (Wildman–Crippen LogP) is 4.04. The molecule has 28 heavy (non-hydrogen) atoms. The van der Waals surface area contributed by atoms with Gasteiger partial charge in [-0.05, 0) is 49.3 Å². The molecule has 0 N–H and O–H groups in total. The molecule has 1 aromatic carbocycles. The zero-order valence-electron chi connectivity index (χ0n) is 16.6. The lowest BCUT2D eigenvalue weighted by Gasteiger charge is -2.34. The molecule has 4 rings (SSSR count). The molecule has 0 saturated carbocycles. The highest BCUT2D eigenvalue weighted by Crippen LogP contribution is 2.26. The molecule has 2 fully saturated rings. The third-order valence-electron chi connectivity index (χ3n) is 5.78. The first-order valence-electron chi connectivity index (χ1n) is 10.4. The Kier molecular flexibility index (Phi) is 6.05. The van der Waals surface area contributed by atoms with Crippen LogP contribution in [0.4, 0.5) is 16.0 Å². The van der Waals surface area contributed by atoms with Gasteiger partial charge in [0.1, 0.15) is 23.8 Å². The number of hydrogen-bond acceptors (Lipinski definition) is 5. The minimum Gasteiger partial charge on any atom is -0.373 e. The number of piperidine rings is 2. The van der Waals surface area contributed by atoms with Crippen molar-refractivity contribution >= 4 is 11.6 Å². The van der Waals surface area contributed by atoms with Crippen molar-refractivity contribution in [3.8, 4) is 0 Å². The van der Waals surface area contributed by atoms with Crippen molar-refractivity contribution in [2.45, 2.75) is 45.3 Å². The number of nitrogens with zero attached hydrogens (tertiary/aromatic N) is 4. The summed E-state index contributed by atoms with van der Waals surface area (Å²) in [6.07, 6.45) is 6.42. The fraction of sp³-hybridized carbons (Fsp3) is 0.545.